The molecule has 0 saturated carbocycles. The van der Waals surface area contributed by atoms with E-state index < -0.39 is 0 Å². The summed E-state index contributed by atoms with van der Waals surface area (Å²) in [7, 11) is 1.86. The molecule has 0 bridgehead atoms. The molecular weight excluding hydrogens is 277 g/mol. The third-order valence-electron chi connectivity index (χ3n) is 2.11. The maximum absolute atomic E-state index is 6.13. The summed E-state index contributed by atoms with van der Waals surface area (Å²) in [5.41, 5.74) is 2.13. The van der Waals surface area contributed by atoms with Crippen molar-refractivity contribution < 1.29 is 0 Å². The second-order valence-corrected chi connectivity index (χ2v) is 4.79. The highest BCUT2D eigenvalue weighted by atomic mass is 79.9. The van der Waals surface area contributed by atoms with Gasteiger partial charge in [0.25, 0.3) is 0 Å². The van der Waals surface area contributed by atoms with E-state index in [9.17, 15) is 0 Å². The predicted octanol–water partition coefficient (Wildman–Crippen LogP) is 2.63. The van der Waals surface area contributed by atoms with Crippen molar-refractivity contribution in [3.8, 4) is 0 Å². The lowest BCUT2D eigenvalue weighted by Gasteiger charge is -2.03. The Bertz CT molecular complexity index is 360. The quantitative estimate of drug-likeness (QED) is 0.904. The number of rotatable bonds is 5. The molecule has 0 atom stereocenters. The molecular formula is C10H15BrClN3. The van der Waals surface area contributed by atoms with Crippen LogP contribution in [-0.2, 0) is 20.0 Å². The molecule has 0 aliphatic rings. The molecule has 1 N–H and O–H groups in total. The van der Waals surface area contributed by atoms with E-state index in [0.29, 0.717) is 5.15 Å². The van der Waals surface area contributed by atoms with Crippen molar-refractivity contribution >= 4 is 27.5 Å². The van der Waals surface area contributed by atoms with Gasteiger partial charge in [0, 0.05) is 30.2 Å². The van der Waals surface area contributed by atoms with Gasteiger partial charge in [0.05, 0.1) is 5.69 Å². The first-order valence-corrected chi connectivity index (χ1v) is 5.97. The van der Waals surface area contributed by atoms with Crippen LogP contribution in [0.3, 0.4) is 0 Å². The minimum absolute atomic E-state index is 0.708. The summed E-state index contributed by atoms with van der Waals surface area (Å²) in [5, 5.41) is 8.29. The van der Waals surface area contributed by atoms with E-state index in [1.54, 1.807) is 4.68 Å². The molecule has 1 heterocycles. The molecule has 0 amide bonds. The summed E-state index contributed by atoms with van der Waals surface area (Å²) in [6.07, 6.45) is 0.896. The zero-order valence-corrected chi connectivity index (χ0v) is 11.3. The van der Waals surface area contributed by atoms with Crippen LogP contribution in [0.4, 0.5) is 0 Å². The zero-order chi connectivity index (χ0) is 11.4. The van der Waals surface area contributed by atoms with Gasteiger partial charge >= 0.3 is 0 Å². The second-order valence-electron chi connectivity index (χ2n) is 3.31. The lowest BCUT2D eigenvalue weighted by atomic mass is 10.2. The monoisotopic (exact) mass is 291 g/mol. The van der Waals surface area contributed by atoms with Gasteiger partial charge < -0.3 is 5.32 Å². The highest BCUT2D eigenvalue weighted by Gasteiger charge is 2.12. The summed E-state index contributed by atoms with van der Waals surface area (Å²) in [6.45, 7) is 7.29. The molecule has 0 saturated heterocycles. The summed E-state index contributed by atoms with van der Waals surface area (Å²) in [4.78, 5) is 0. The van der Waals surface area contributed by atoms with E-state index in [1.165, 1.54) is 0 Å². The number of hydrogen-bond acceptors (Lipinski definition) is 2. The van der Waals surface area contributed by atoms with Gasteiger partial charge in [-0.3, -0.25) is 4.68 Å². The summed E-state index contributed by atoms with van der Waals surface area (Å²) in [5.74, 6) is 0. The topological polar surface area (TPSA) is 29.9 Å². The molecule has 0 aliphatic heterocycles. The van der Waals surface area contributed by atoms with E-state index in [4.69, 9.17) is 11.6 Å². The first-order valence-electron chi connectivity index (χ1n) is 4.80. The molecule has 0 fully saturated rings. The van der Waals surface area contributed by atoms with Crippen molar-refractivity contribution in [2.24, 2.45) is 7.05 Å². The number of nitrogens with zero attached hydrogens (tertiary/aromatic N) is 2. The van der Waals surface area contributed by atoms with Crippen LogP contribution in [0.15, 0.2) is 11.1 Å². The van der Waals surface area contributed by atoms with Crippen LogP contribution >= 0.6 is 27.5 Å². The predicted molar refractivity (Wildman–Crippen MR) is 67.4 cm³/mol. The van der Waals surface area contributed by atoms with E-state index in [-0.39, 0.29) is 0 Å². The molecule has 0 unspecified atom stereocenters. The van der Waals surface area contributed by atoms with E-state index in [0.717, 1.165) is 35.3 Å². The highest BCUT2D eigenvalue weighted by Crippen LogP contribution is 2.19. The fourth-order valence-electron chi connectivity index (χ4n) is 1.38. The van der Waals surface area contributed by atoms with Crippen molar-refractivity contribution in [2.75, 3.05) is 6.54 Å². The Hall–Kier alpha value is -0.320. The normalized spacial score (nSPS) is 10.7. The molecule has 0 spiro atoms. The van der Waals surface area contributed by atoms with Gasteiger partial charge in [-0.25, -0.2) is 0 Å². The fourth-order valence-corrected chi connectivity index (χ4v) is 1.79. The second kappa shape index (κ2) is 5.68. The van der Waals surface area contributed by atoms with Gasteiger partial charge in [-0.1, -0.05) is 41.0 Å². The Morgan fingerprint density at radius 3 is 2.87 bits per heavy atom. The average molecular weight is 293 g/mol. The molecule has 0 aliphatic carbocycles. The third kappa shape index (κ3) is 3.33. The molecule has 1 aromatic rings. The lowest BCUT2D eigenvalue weighted by Crippen LogP contribution is -2.15. The Labute approximate surface area is 104 Å². The maximum Gasteiger partial charge on any atom is 0.131 e. The minimum atomic E-state index is 0.708. The van der Waals surface area contributed by atoms with Gasteiger partial charge in [0.1, 0.15) is 5.15 Å². The Balaban J connectivity index is 2.70. The summed E-state index contributed by atoms with van der Waals surface area (Å²) in [6, 6.07) is 0. The van der Waals surface area contributed by atoms with Gasteiger partial charge in [0.15, 0.2) is 0 Å². The van der Waals surface area contributed by atoms with Crippen LogP contribution in [0.25, 0.3) is 0 Å². The van der Waals surface area contributed by atoms with Gasteiger partial charge in [-0.15, -0.1) is 0 Å². The lowest BCUT2D eigenvalue weighted by molar-refractivity contribution is 0.746. The molecule has 84 valence electrons. The zero-order valence-electron chi connectivity index (χ0n) is 8.98. The molecule has 0 aromatic carbocycles. The van der Waals surface area contributed by atoms with Crippen LogP contribution < -0.4 is 5.32 Å². The first kappa shape index (κ1) is 12.7. The largest absolute Gasteiger partial charge is 0.308 e. The molecule has 1 aromatic heterocycles. The molecule has 0 radical (unpaired) electrons. The molecule has 1 rings (SSSR count). The first-order chi connectivity index (χ1) is 7.06. The smallest absolute Gasteiger partial charge is 0.131 e. The van der Waals surface area contributed by atoms with Crippen LogP contribution in [0.2, 0.25) is 5.15 Å². The van der Waals surface area contributed by atoms with Crippen molar-refractivity contribution in [3.05, 3.63) is 27.5 Å². The summed E-state index contributed by atoms with van der Waals surface area (Å²) >= 11 is 9.43. The van der Waals surface area contributed by atoms with Crippen LogP contribution in [-0.4, -0.2) is 16.3 Å². The number of hydrogen-bond donors (Lipinski definition) is 1. The van der Waals surface area contributed by atoms with Crippen molar-refractivity contribution in [2.45, 2.75) is 19.9 Å². The Kier molecular flexibility index (Phi) is 4.83. The minimum Gasteiger partial charge on any atom is -0.308 e. The third-order valence-corrected chi connectivity index (χ3v) is 2.86. The van der Waals surface area contributed by atoms with E-state index in [1.807, 2.05) is 7.05 Å². The molecule has 5 heteroatoms. The van der Waals surface area contributed by atoms with Crippen molar-refractivity contribution in [1.82, 2.24) is 15.1 Å². The Morgan fingerprint density at radius 2 is 2.33 bits per heavy atom. The molecule has 3 nitrogen and oxygen atoms in total. The van der Waals surface area contributed by atoms with Gasteiger partial charge in [-0.2, -0.15) is 5.10 Å². The maximum atomic E-state index is 6.13. The number of aromatic nitrogens is 2. The van der Waals surface area contributed by atoms with Crippen molar-refractivity contribution in [3.63, 3.8) is 0 Å². The average Bonchev–Trinajstić information content (AvgIpc) is 2.44. The molecule has 15 heavy (non-hydrogen) atoms. The number of halogens is 2. The Morgan fingerprint density at radius 1 is 1.67 bits per heavy atom. The van der Waals surface area contributed by atoms with Gasteiger partial charge in [-0.05, 0) is 6.42 Å². The van der Waals surface area contributed by atoms with E-state index >= 15 is 0 Å². The van der Waals surface area contributed by atoms with Crippen LogP contribution in [0.5, 0.6) is 0 Å². The van der Waals surface area contributed by atoms with Crippen molar-refractivity contribution in [1.29, 1.82) is 0 Å². The highest BCUT2D eigenvalue weighted by molar-refractivity contribution is 9.11. The fraction of sp³-hybridized carbons (Fsp3) is 0.500. The standard InChI is InChI=1S/C10H15BrClN3/c1-4-9-8(6-13-5-7(2)11)10(12)15(3)14-9/h13H,2,4-6H2,1,3H3. The SMILES string of the molecule is C=C(Br)CNCc1c(CC)nn(C)c1Cl. The van der Waals surface area contributed by atoms with Crippen LogP contribution in [0, 0.1) is 0 Å². The number of aryl methyl sites for hydroxylation is 2. The van der Waals surface area contributed by atoms with Crippen LogP contribution in [0.1, 0.15) is 18.2 Å². The summed E-state index contributed by atoms with van der Waals surface area (Å²) < 4.78 is 2.64. The number of nitrogens with one attached hydrogen (secondary N) is 1. The van der Waals surface area contributed by atoms with Gasteiger partial charge in [0.2, 0.25) is 0 Å². The van der Waals surface area contributed by atoms with E-state index in [2.05, 4.69) is 39.8 Å².